The monoisotopic (exact) mass is 489 g/mol. The van der Waals surface area contributed by atoms with Crippen molar-refractivity contribution in [3.63, 3.8) is 0 Å². The SMILES string of the molecule is Oc1ccc(-c2ccc3cc(O)ccc3c2Cc2ccc(OCCCCC3=CC=CCC=N3)cc2)cc1. The van der Waals surface area contributed by atoms with Gasteiger partial charge in [-0.1, -0.05) is 54.6 Å². The standard InChI is InChI=1S/C33H31NO3/c35-28-13-10-25(11-14-28)31-18-12-26-23-29(36)15-19-32(26)33(31)22-24-8-16-30(17-9-24)37-21-5-3-7-27-6-2-1-4-20-34-27/h1-2,6,8-20,23,35-36H,3-5,7,21-22H2. The number of unbranched alkanes of at least 4 members (excludes halogenated alkanes) is 1. The van der Waals surface area contributed by atoms with E-state index in [9.17, 15) is 10.2 Å². The molecule has 4 aromatic carbocycles. The van der Waals surface area contributed by atoms with E-state index >= 15 is 0 Å². The maximum absolute atomic E-state index is 9.99. The highest BCUT2D eigenvalue weighted by Crippen LogP contribution is 2.34. The second-order valence-electron chi connectivity index (χ2n) is 9.30. The number of phenols is 2. The van der Waals surface area contributed by atoms with Gasteiger partial charge in [0.05, 0.1) is 6.61 Å². The molecule has 0 unspecified atom stereocenters. The average Bonchev–Trinajstić information content (AvgIpc) is 3.19. The zero-order valence-electron chi connectivity index (χ0n) is 20.8. The summed E-state index contributed by atoms with van der Waals surface area (Å²) >= 11 is 0. The van der Waals surface area contributed by atoms with E-state index in [1.54, 1.807) is 24.3 Å². The van der Waals surface area contributed by atoms with Gasteiger partial charge in [0.1, 0.15) is 17.2 Å². The number of aromatic hydroxyl groups is 2. The van der Waals surface area contributed by atoms with Gasteiger partial charge in [-0.3, -0.25) is 4.99 Å². The number of aliphatic imine (C=N–C) groups is 1. The Morgan fingerprint density at radius 3 is 2.46 bits per heavy atom. The molecule has 0 saturated carbocycles. The van der Waals surface area contributed by atoms with Gasteiger partial charge >= 0.3 is 0 Å². The van der Waals surface area contributed by atoms with Crippen molar-refractivity contribution in [2.45, 2.75) is 32.1 Å². The van der Waals surface area contributed by atoms with Gasteiger partial charge in [-0.25, -0.2) is 0 Å². The minimum Gasteiger partial charge on any atom is -0.508 e. The van der Waals surface area contributed by atoms with E-state index < -0.39 is 0 Å². The highest BCUT2D eigenvalue weighted by molar-refractivity contribution is 5.93. The second kappa shape index (κ2) is 11.6. The largest absolute Gasteiger partial charge is 0.508 e. The molecule has 0 aliphatic carbocycles. The fourth-order valence-corrected chi connectivity index (χ4v) is 4.67. The number of phenolic OH excluding ortho intramolecular Hbond substituents is 2. The Hall–Kier alpha value is -4.31. The van der Waals surface area contributed by atoms with Gasteiger partial charge in [0.15, 0.2) is 0 Å². The summed E-state index contributed by atoms with van der Waals surface area (Å²) in [6.07, 6.45) is 12.9. The molecule has 2 N–H and O–H groups in total. The molecule has 1 heterocycles. The molecule has 0 bridgehead atoms. The van der Waals surface area contributed by atoms with E-state index in [1.807, 2.05) is 42.6 Å². The molecule has 4 heteroatoms. The number of ether oxygens (including phenoxy) is 1. The Balaban J connectivity index is 1.27. The topological polar surface area (TPSA) is 62.0 Å². The molecular weight excluding hydrogens is 458 g/mol. The minimum absolute atomic E-state index is 0.249. The summed E-state index contributed by atoms with van der Waals surface area (Å²) < 4.78 is 5.99. The van der Waals surface area contributed by atoms with Crippen LogP contribution in [0.1, 0.15) is 36.8 Å². The summed E-state index contributed by atoms with van der Waals surface area (Å²) in [4.78, 5) is 4.48. The second-order valence-corrected chi connectivity index (χ2v) is 9.30. The summed E-state index contributed by atoms with van der Waals surface area (Å²) in [5.41, 5.74) is 5.65. The molecule has 5 rings (SSSR count). The zero-order valence-corrected chi connectivity index (χ0v) is 20.8. The lowest BCUT2D eigenvalue weighted by atomic mass is 9.90. The third-order valence-electron chi connectivity index (χ3n) is 6.62. The van der Waals surface area contributed by atoms with Crippen LogP contribution in [0, 0.1) is 0 Å². The quantitative estimate of drug-likeness (QED) is 0.234. The number of rotatable bonds is 9. The number of nitrogens with zero attached hydrogens (tertiary/aromatic N) is 1. The molecule has 0 amide bonds. The Labute approximate surface area is 217 Å². The molecule has 0 aromatic heterocycles. The summed E-state index contributed by atoms with van der Waals surface area (Å²) in [6, 6.07) is 25.2. The molecule has 0 atom stereocenters. The highest BCUT2D eigenvalue weighted by atomic mass is 16.5. The Bertz CT molecular complexity index is 1450. The number of hydrogen-bond donors (Lipinski definition) is 2. The van der Waals surface area contributed by atoms with Gasteiger partial charge < -0.3 is 14.9 Å². The first-order valence-electron chi connectivity index (χ1n) is 12.8. The van der Waals surface area contributed by atoms with E-state index in [2.05, 4.69) is 41.4 Å². The molecule has 0 fully saturated rings. The highest BCUT2D eigenvalue weighted by Gasteiger charge is 2.12. The van der Waals surface area contributed by atoms with E-state index in [4.69, 9.17) is 4.74 Å². The molecule has 0 saturated heterocycles. The molecule has 4 nitrogen and oxygen atoms in total. The minimum atomic E-state index is 0.249. The zero-order chi connectivity index (χ0) is 25.5. The number of fused-ring (bicyclic) bond motifs is 1. The van der Waals surface area contributed by atoms with E-state index in [-0.39, 0.29) is 11.5 Å². The Morgan fingerprint density at radius 1 is 0.811 bits per heavy atom. The fourth-order valence-electron chi connectivity index (χ4n) is 4.67. The van der Waals surface area contributed by atoms with Crippen molar-refractivity contribution in [3.8, 4) is 28.4 Å². The van der Waals surface area contributed by atoms with Crippen LogP contribution >= 0.6 is 0 Å². The fraction of sp³-hybridized carbons (Fsp3) is 0.182. The van der Waals surface area contributed by atoms with Gasteiger partial charge in [0.25, 0.3) is 0 Å². The lowest BCUT2D eigenvalue weighted by Crippen LogP contribution is -1.98. The first kappa shape index (κ1) is 24.4. The van der Waals surface area contributed by atoms with Crippen LogP contribution in [0.5, 0.6) is 17.2 Å². The van der Waals surface area contributed by atoms with Crippen LogP contribution < -0.4 is 4.74 Å². The summed E-state index contributed by atoms with van der Waals surface area (Å²) in [7, 11) is 0. The van der Waals surface area contributed by atoms with Crippen molar-refractivity contribution in [1.82, 2.24) is 0 Å². The Morgan fingerprint density at radius 2 is 1.62 bits per heavy atom. The number of allylic oxidation sites excluding steroid dienone is 4. The molecule has 1 aliphatic heterocycles. The van der Waals surface area contributed by atoms with E-state index in [0.29, 0.717) is 6.61 Å². The van der Waals surface area contributed by atoms with E-state index in [0.717, 1.165) is 65.5 Å². The summed E-state index contributed by atoms with van der Waals surface area (Å²) in [6.45, 7) is 0.685. The molecule has 186 valence electrons. The maximum atomic E-state index is 9.99. The molecule has 1 aliphatic rings. The smallest absolute Gasteiger partial charge is 0.119 e. The van der Waals surface area contributed by atoms with Crippen LogP contribution in [0.2, 0.25) is 0 Å². The first-order chi connectivity index (χ1) is 18.2. The van der Waals surface area contributed by atoms with Crippen molar-refractivity contribution in [2.75, 3.05) is 6.61 Å². The van der Waals surface area contributed by atoms with Crippen molar-refractivity contribution < 1.29 is 14.9 Å². The molecular formula is C33H31NO3. The predicted octanol–water partition coefficient (Wildman–Crippen LogP) is 7.97. The lowest BCUT2D eigenvalue weighted by molar-refractivity contribution is 0.307. The van der Waals surface area contributed by atoms with Crippen LogP contribution in [-0.4, -0.2) is 23.0 Å². The van der Waals surface area contributed by atoms with Crippen LogP contribution in [0.15, 0.2) is 108 Å². The van der Waals surface area contributed by atoms with Crippen molar-refractivity contribution >= 4 is 17.0 Å². The first-order valence-corrected chi connectivity index (χ1v) is 12.8. The molecule has 0 spiro atoms. The summed E-state index contributed by atoms with van der Waals surface area (Å²) in [5.74, 6) is 1.38. The van der Waals surface area contributed by atoms with Gasteiger partial charge in [-0.15, -0.1) is 0 Å². The normalized spacial score (nSPS) is 12.9. The third-order valence-corrected chi connectivity index (χ3v) is 6.62. The van der Waals surface area contributed by atoms with Crippen LogP contribution in [-0.2, 0) is 6.42 Å². The average molecular weight is 490 g/mol. The van der Waals surface area contributed by atoms with Crippen molar-refractivity contribution in [1.29, 1.82) is 0 Å². The number of benzene rings is 4. The summed E-state index contributed by atoms with van der Waals surface area (Å²) in [5, 5.41) is 21.8. The molecule has 4 aromatic rings. The lowest BCUT2D eigenvalue weighted by Gasteiger charge is -2.15. The maximum Gasteiger partial charge on any atom is 0.119 e. The van der Waals surface area contributed by atoms with Crippen molar-refractivity contribution in [2.24, 2.45) is 4.99 Å². The van der Waals surface area contributed by atoms with Crippen LogP contribution in [0.4, 0.5) is 0 Å². The predicted molar refractivity (Wildman–Crippen MR) is 152 cm³/mol. The van der Waals surface area contributed by atoms with Gasteiger partial charge in [0.2, 0.25) is 0 Å². The van der Waals surface area contributed by atoms with Crippen LogP contribution in [0.3, 0.4) is 0 Å². The van der Waals surface area contributed by atoms with Gasteiger partial charge in [-0.05, 0) is 101 Å². The Kier molecular flexibility index (Phi) is 7.66. The number of hydrogen-bond acceptors (Lipinski definition) is 4. The van der Waals surface area contributed by atoms with Gasteiger partial charge in [-0.2, -0.15) is 0 Å². The van der Waals surface area contributed by atoms with Crippen LogP contribution in [0.25, 0.3) is 21.9 Å². The van der Waals surface area contributed by atoms with Crippen molar-refractivity contribution in [3.05, 3.63) is 114 Å². The molecule has 37 heavy (non-hydrogen) atoms. The van der Waals surface area contributed by atoms with Gasteiger partial charge in [0, 0.05) is 18.3 Å². The van der Waals surface area contributed by atoms with E-state index in [1.165, 1.54) is 11.1 Å². The molecule has 0 radical (unpaired) electrons. The third kappa shape index (κ3) is 6.28.